The lowest BCUT2D eigenvalue weighted by molar-refractivity contribution is 0.243. The Morgan fingerprint density at radius 1 is 0.811 bits per heavy atom. The van der Waals surface area contributed by atoms with Crippen LogP contribution in [0.15, 0.2) is 175 Å². The molecule has 0 radical (unpaired) electrons. The van der Waals surface area contributed by atoms with E-state index in [-0.39, 0.29) is 16.2 Å². The van der Waals surface area contributed by atoms with Gasteiger partial charge in [0.15, 0.2) is 0 Å². The van der Waals surface area contributed by atoms with Crippen LogP contribution >= 0.6 is 11.3 Å². The third kappa shape index (κ3) is 5.17. The minimum atomic E-state index is -0.147. The van der Waals surface area contributed by atoms with Crippen LogP contribution in [0.3, 0.4) is 0 Å². The molecule has 2 atom stereocenters. The van der Waals surface area contributed by atoms with Crippen molar-refractivity contribution < 1.29 is 0 Å². The summed E-state index contributed by atoms with van der Waals surface area (Å²) in [5.74, 6) is 0.321. The highest BCUT2D eigenvalue weighted by Crippen LogP contribution is 2.62. The Morgan fingerprint density at radius 2 is 1.58 bits per heavy atom. The maximum atomic E-state index is 4.17. The first-order chi connectivity index (χ1) is 25.5. The van der Waals surface area contributed by atoms with Gasteiger partial charge < -0.3 is 4.90 Å². The Balaban J connectivity index is 1.30. The highest BCUT2D eigenvalue weighted by Gasteiger charge is 2.54. The number of nitrogens with zero attached hydrogens (tertiary/aromatic N) is 1. The van der Waals surface area contributed by atoms with Crippen LogP contribution in [0.4, 0.5) is 5.69 Å². The first kappa shape index (κ1) is 34.9. The summed E-state index contributed by atoms with van der Waals surface area (Å²) in [7, 11) is 0. The molecule has 1 aromatic heterocycles. The summed E-state index contributed by atoms with van der Waals surface area (Å²) in [4.78, 5) is 2.47. The molecule has 264 valence electrons. The van der Waals surface area contributed by atoms with Crippen LogP contribution in [0.1, 0.15) is 76.6 Å². The summed E-state index contributed by atoms with van der Waals surface area (Å²) < 4.78 is 2.74. The van der Waals surface area contributed by atoms with Crippen molar-refractivity contribution in [1.82, 2.24) is 0 Å². The minimum absolute atomic E-state index is 0.0427. The molecule has 2 heteroatoms. The second kappa shape index (κ2) is 12.7. The molecule has 4 aromatic carbocycles. The van der Waals surface area contributed by atoms with Crippen molar-refractivity contribution in [3.63, 3.8) is 0 Å². The van der Waals surface area contributed by atoms with Crippen molar-refractivity contribution in [2.24, 2.45) is 5.41 Å². The van der Waals surface area contributed by atoms with Gasteiger partial charge in [0, 0.05) is 59.6 Å². The second-order valence-corrected chi connectivity index (χ2v) is 17.1. The van der Waals surface area contributed by atoms with Gasteiger partial charge in [-0.2, -0.15) is 0 Å². The van der Waals surface area contributed by atoms with Crippen LogP contribution in [0.25, 0.3) is 31.3 Å². The van der Waals surface area contributed by atoms with Crippen molar-refractivity contribution in [2.75, 3.05) is 4.90 Å². The molecule has 0 saturated heterocycles. The molecule has 0 amide bonds. The molecule has 3 aliphatic carbocycles. The first-order valence-corrected chi connectivity index (χ1v) is 19.6. The fourth-order valence-electron chi connectivity index (χ4n) is 9.39. The van der Waals surface area contributed by atoms with Gasteiger partial charge in [-0.25, -0.2) is 0 Å². The lowest BCUT2D eigenvalue weighted by Gasteiger charge is -2.43. The third-order valence-electron chi connectivity index (χ3n) is 12.7. The number of thiophene rings is 1. The van der Waals surface area contributed by atoms with Crippen LogP contribution in [0.2, 0.25) is 0 Å². The Morgan fingerprint density at radius 3 is 2.36 bits per heavy atom. The van der Waals surface area contributed by atoms with Crippen molar-refractivity contribution in [1.29, 1.82) is 0 Å². The average molecular weight is 708 g/mol. The number of anilines is 1. The Bertz CT molecular complexity index is 2540. The number of fused-ring (bicyclic) bond motifs is 10. The number of hydrogen-bond donors (Lipinski definition) is 0. The number of rotatable bonds is 8. The van der Waals surface area contributed by atoms with E-state index in [0.717, 1.165) is 16.8 Å². The second-order valence-electron chi connectivity index (χ2n) is 16.0. The zero-order valence-electron chi connectivity index (χ0n) is 32.1. The van der Waals surface area contributed by atoms with Crippen LogP contribution in [0.5, 0.6) is 0 Å². The molecule has 0 bridgehead atoms. The topological polar surface area (TPSA) is 3.24 Å². The van der Waals surface area contributed by atoms with E-state index in [9.17, 15) is 0 Å². The molecule has 0 spiro atoms. The molecule has 1 nitrogen and oxygen atoms in total. The standard InChI is InChI=1S/C51H49NS/c1-10-13-18-34(11-2)35(12-3)24-23-33(4)52(37-26-29-43-40-20-14-16-21-42(40)50(7,8)51(43,9)32-37)36-25-27-41-45(31-36)49(5,6)44-30-28-39-38-19-15-17-22-46(38)53-48(39)47(41)44/h10-32,43H,1,3H2,2,4-9H3/b18-13-,33-23+,34-11+,35-24+. The molecule has 3 aliphatic rings. The Hall–Kier alpha value is -5.18. The number of allylic oxidation sites excluding steroid dienone is 13. The number of hydrogen-bond acceptors (Lipinski definition) is 2. The maximum absolute atomic E-state index is 4.17. The lowest BCUT2D eigenvalue weighted by atomic mass is 9.62. The lowest BCUT2D eigenvalue weighted by Crippen LogP contribution is -2.38. The van der Waals surface area contributed by atoms with Crippen LogP contribution in [-0.4, -0.2) is 0 Å². The summed E-state index contributed by atoms with van der Waals surface area (Å²) in [5.41, 5.74) is 13.8. The summed E-state index contributed by atoms with van der Waals surface area (Å²) in [6, 6.07) is 29.8. The Kier molecular flexibility index (Phi) is 8.39. The molecule has 2 unspecified atom stereocenters. The molecular weight excluding hydrogens is 659 g/mol. The molecule has 0 saturated carbocycles. The van der Waals surface area contributed by atoms with Crippen molar-refractivity contribution in [3.8, 4) is 11.1 Å². The highest BCUT2D eigenvalue weighted by atomic mass is 32.1. The van der Waals surface area contributed by atoms with E-state index in [4.69, 9.17) is 0 Å². The van der Waals surface area contributed by atoms with Gasteiger partial charge in [0.2, 0.25) is 0 Å². The predicted molar refractivity (Wildman–Crippen MR) is 232 cm³/mol. The van der Waals surface area contributed by atoms with Crippen molar-refractivity contribution in [3.05, 3.63) is 198 Å². The summed E-state index contributed by atoms with van der Waals surface area (Å²) >= 11 is 1.93. The van der Waals surface area contributed by atoms with Crippen LogP contribution in [0, 0.1) is 5.41 Å². The maximum Gasteiger partial charge on any atom is 0.0461 e. The SMILES string of the molecule is C=C\C=C/C(=C\C)C(/C=C)=C/C=C(\C)N(C1=CC2(C)C(C=C1)c1ccccc1C2(C)C)c1ccc2c(c1)C(C)(C)c1ccc3c(sc4ccccc43)c1-2. The van der Waals surface area contributed by atoms with Gasteiger partial charge in [-0.05, 0) is 88.6 Å². The molecule has 0 aliphatic heterocycles. The van der Waals surface area contributed by atoms with Gasteiger partial charge in [-0.15, -0.1) is 11.3 Å². The normalized spacial score (nSPS) is 21.4. The predicted octanol–water partition coefficient (Wildman–Crippen LogP) is 14.4. The first-order valence-electron chi connectivity index (χ1n) is 18.8. The minimum Gasteiger partial charge on any atom is -0.315 e. The van der Waals surface area contributed by atoms with E-state index >= 15 is 0 Å². The van der Waals surface area contributed by atoms with Crippen molar-refractivity contribution >= 4 is 37.2 Å². The largest absolute Gasteiger partial charge is 0.315 e. The van der Waals surface area contributed by atoms with Gasteiger partial charge in [-0.1, -0.05) is 157 Å². The van der Waals surface area contributed by atoms with Crippen LogP contribution < -0.4 is 4.90 Å². The summed E-state index contributed by atoms with van der Waals surface area (Å²) in [6.07, 6.45) is 21.7. The molecule has 53 heavy (non-hydrogen) atoms. The highest BCUT2D eigenvalue weighted by molar-refractivity contribution is 7.26. The van der Waals surface area contributed by atoms with Gasteiger partial charge in [0.05, 0.1) is 0 Å². The fraction of sp³-hybridized carbons (Fsp3) is 0.216. The van der Waals surface area contributed by atoms with Gasteiger partial charge in [0.1, 0.15) is 0 Å². The zero-order chi connectivity index (χ0) is 37.3. The van der Waals surface area contributed by atoms with Gasteiger partial charge >= 0.3 is 0 Å². The molecule has 5 aromatic rings. The third-order valence-corrected chi connectivity index (χ3v) is 13.9. The van der Waals surface area contributed by atoms with Crippen molar-refractivity contribution in [2.45, 2.75) is 65.2 Å². The van der Waals surface area contributed by atoms with E-state index in [0.29, 0.717) is 5.92 Å². The molecule has 8 rings (SSSR count). The summed E-state index contributed by atoms with van der Waals surface area (Å²) in [6.45, 7) is 24.4. The zero-order valence-corrected chi connectivity index (χ0v) is 32.9. The number of benzene rings is 4. The molecule has 0 fully saturated rings. The van der Waals surface area contributed by atoms with E-state index in [1.165, 1.54) is 64.9 Å². The van der Waals surface area contributed by atoms with E-state index in [1.807, 2.05) is 29.6 Å². The average Bonchev–Trinajstić information content (AvgIpc) is 3.71. The smallest absolute Gasteiger partial charge is 0.0461 e. The Labute approximate surface area is 320 Å². The molecule has 0 N–H and O–H groups in total. The fourth-order valence-corrected chi connectivity index (χ4v) is 10.6. The molecular formula is C51H49NS. The van der Waals surface area contributed by atoms with Gasteiger partial charge in [0.25, 0.3) is 0 Å². The molecule has 1 heterocycles. The van der Waals surface area contributed by atoms with E-state index in [1.54, 1.807) is 0 Å². The monoisotopic (exact) mass is 707 g/mol. The quantitative estimate of drug-likeness (QED) is 0.145. The van der Waals surface area contributed by atoms with E-state index in [2.05, 4.69) is 188 Å². The van der Waals surface area contributed by atoms with Gasteiger partial charge in [-0.3, -0.25) is 0 Å². The van der Waals surface area contributed by atoms with Crippen LogP contribution in [-0.2, 0) is 10.8 Å². The van der Waals surface area contributed by atoms with E-state index < -0.39 is 0 Å². The summed E-state index contributed by atoms with van der Waals surface area (Å²) in [5, 5.41) is 2.70.